The number of nitrogens with one attached hydrogen (secondary N) is 2. The number of hydrogen-bond donors (Lipinski definition) is 2. The molecule has 2 aromatic rings. The van der Waals surface area contributed by atoms with Crippen molar-refractivity contribution in [2.24, 2.45) is 5.92 Å². The van der Waals surface area contributed by atoms with Crippen molar-refractivity contribution in [3.63, 3.8) is 0 Å². The fraction of sp³-hybridized carbons (Fsp3) is 0.375. The SMILES string of the molecule is CCc1ccc(NC(=O)[C@H](C)OC(=O)[C@@H](NC(=O)c2ccccc2C)C(C)C)cc1. The molecule has 2 atom stereocenters. The van der Waals surface area contributed by atoms with Gasteiger partial charge in [0.1, 0.15) is 6.04 Å². The van der Waals surface area contributed by atoms with Crippen molar-refractivity contribution >= 4 is 23.5 Å². The molecule has 0 aliphatic heterocycles. The lowest BCUT2D eigenvalue weighted by Gasteiger charge is -2.23. The monoisotopic (exact) mass is 410 g/mol. The van der Waals surface area contributed by atoms with E-state index in [1.807, 2.05) is 57.2 Å². The van der Waals surface area contributed by atoms with Crippen molar-refractivity contribution < 1.29 is 19.1 Å². The van der Waals surface area contributed by atoms with Gasteiger partial charge >= 0.3 is 5.97 Å². The second-order valence-electron chi connectivity index (χ2n) is 7.63. The number of rotatable bonds is 8. The third-order valence-corrected chi connectivity index (χ3v) is 4.89. The van der Waals surface area contributed by atoms with Crippen LogP contribution in [0.2, 0.25) is 0 Å². The van der Waals surface area contributed by atoms with Crippen LogP contribution in [0.5, 0.6) is 0 Å². The molecule has 0 aliphatic rings. The van der Waals surface area contributed by atoms with E-state index in [1.54, 1.807) is 12.1 Å². The molecule has 0 saturated heterocycles. The van der Waals surface area contributed by atoms with E-state index in [0.29, 0.717) is 11.3 Å². The fourth-order valence-electron chi connectivity index (χ4n) is 2.91. The molecule has 30 heavy (non-hydrogen) atoms. The van der Waals surface area contributed by atoms with Gasteiger partial charge in [0.25, 0.3) is 11.8 Å². The van der Waals surface area contributed by atoms with Crippen LogP contribution in [0, 0.1) is 12.8 Å². The van der Waals surface area contributed by atoms with Crippen LogP contribution in [0.3, 0.4) is 0 Å². The highest BCUT2D eigenvalue weighted by Crippen LogP contribution is 2.13. The number of hydrogen-bond acceptors (Lipinski definition) is 4. The summed E-state index contributed by atoms with van der Waals surface area (Å²) in [7, 11) is 0. The third kappa shape index (κ3) is 6.17. The minimum atomic E-state index is -1.00. The number of aryl methyl sites for hydroxylation is 2. The molecule has 0 bridgehead atoms. The maximum Gasteiger partial charge on any atom is 0.329 e. The lowest BCUT2D eigenvalue weighted by molar-refractivity contribution is -0.156. The molecule has 2 N–H and O–H groups in total. The number of ether oxygens (including phenoxy) is 1. The Kier molecular flexibility index (Phi) is 8.16. The average molecular weight is 411 g/mol. The van der Waals surface area contributed by atoms with E-state index in [9.17, 15) is 14.4 Å². The van der Waals surface area contributed by atoms with Crippen LogP contribution in [0.1, 0.15) is 49.2 Å². The van der Waals surface area contributed by atoms with Crippen LogP contribution in [0.4, 0.5) is 5.69 Å². The molecule has 0 unspecified atom stereocenters. The predicted molar refractivity (Wildman–Crippen MR) is 117 cm³/mol. The molecule has 6 heteroatoms. The van der Waals surface area contributed by atoms with Crippen LogP contribution >= 0.6 is 0 Å². The number of carbonyl (C=O) groups excluding carboxylic acids is 3. The van der Waals surface area contributed by atoms with Gasteiger partial charge in [0.15, 0.2) is 6.10 Å². The van der Waals surface area contributed by atoms with E-state index in [2.05, 4.69) is 17.6 Å². The van der Waals surface area contributed by atoms with Gasteiger partial charge in [0.05, 0.1) is 0 Å². The van der Waals surface area contributed by atoms with Crippen LogP contribution < -0.4 is 10.6 Å². The maximum atomic E-state index is 12.7. The minimum absolute atomic E-state index is 0.206. The van der Waals surface area contributed by atoms with Gasteiger partial charge in [-0.3, -0.25) is 9.59 Å². The van der Waals surface area contributed by atoms with Gasteiger partial charge in [-0.15, -0.1) is 0 Å². The molecule has 2 rings (SSSR count). The van der Waals surface area contributed by atoms with Gasteiger partial charge in [-0.2, -0.15) is 0 Å². The van der Waals surface area contributed by atoms with Crippen molar-refractivity contribution in [1.29, 1.82) is 0 Å². The molecule has 0 aliphatic carbocycles. The zero-order valence-corrected chi connectivity index (χ0v) is 18.2. The third-order valence-electron chi connectivity index (χ3n) is 4.89. The zero-order valence-electron chi connectivity index (χ0n) is 18.2. The van der Waals surface area contributed by atoms with E-state index in [4.69, 9.17) is 4.74 Å². The van der Waals surface area contributed by atoms with Crippen molar-refractivity contribution in [2.75, 3.05) is 5.32 Å². The normalized spacial score (nSPS) is 12.7. The average Bonchev–Trinajstić information content (AvgIpc) is 2.72. The summed E-state index contributed by atoms with van der Waals surface area (Å²) in [4.78, 5) is 37.7. The van der Waals surface area contributed by atoms with E-state index < -0.39 is 24.0 Å². The number of benzene rings is 2. The smallest absolute Gasteiger partial charge is 0.329 e. The Bertz CT molecular complexity index is 890. The molecule has 0 saturated carbocycles. The summed E-state index contributed by atoms with van der Waals surface area (Å²) in [5, 5.41) is 5.47. The Morgan fingerprint density at radius 1 is 0.967 bits per heavy atom. The first-order chi connectivity index (χ1) is 14.2. The molecular weight excluding hydrogens is 380 g/mol. The lowest BCUT2D eigenvalue weighted by atomic mass is 10.0. The molecule has 6 nitrogen and oxygen atoms in total. The quantitative estimate of drug-likeness (QED) is 0.647. The molecule has 0 spiro atoms. The largest absolute Gasteiger partial charge is 0.451 e. The van der Waals surface area contributed by atoms with Gasteiger partial charge in [-0.05, 0) is 55.5 Å². The van der Waals surface area contributed by atoms with Crippen LogP contribution in [-0.2, 0) is 20.7 Å². The summed E-state index contributed by atoms with van der Waals surface area (Å²) in [6.45, 7) is 9.01. The topological polar surface area (TPSA) is 84.5 Å². The van der Waals surface area contributed by atoms with E-state index in [1.165, 1.54) is 6.92 Å². The first-order valence-corrected chi connectivity index (χ1v) is 10.2. The van der Waals surface area contributed by atoms with Gasteiger partial charge in [0.2, 0.25) is 0 Å². The molecule has 0 aromatic heterocycles. The number of carbonyl (C=O) groups is 3. The Labute approximate surface area is 178 Å². The minimum Gasteiger partial charge on any atom is -0.451 e. The van der Waals surface area contributed by atoms with E-state index in [0.717, 1.165) is 17.5 Å². The number of anilines is 1. The van der Waals surface area contributed by atoms with Crippen molar-refractivity contribution in [3.05, 3.63) is 65.2 Å². The fourth-order valence-corrected chi connectivity index (χ4v) is 2.91. The van der Waals surface area contributed by atoms with Crippen LogP contribution in [0.25, 0.3) is 0 Å². The molecule has 2 amide bonds. The van der Waals surface area contributed by atoms with Crippen molar-refractivity contribution in [1.82, 2.24) is 5.32 Å². The van der Waals surface area contributed by atoms with Gasteiger partial charge < -0.3 is 15.4 Å². The van der Waals surface area contributed by atoms with Gasteiger partial charge in [0, 0.05) is 11.3 Å². The molecule has 0 fully saturated rings. The highest BCUT2D eigenvalue weighted by molar-refractivity contribution is 5.99. The van der Waals surface area contributed by atoms with Crippen molar-refractivity contribution in [3.8, 4) is 0 Å². The Morgan fingerprint density at radius 2 is 1.60 bits per heavy atom. The molecule has 0 radical (unpaired) electrons. The van der Waals surface area contributed by atoms with Gasteiger partial charge in [-0.1, -0.05) is 51.1 Å². The molecule has 160 valence electrons. The number of amides is 2. The first-order valence-electron chi connectivity index (χ1n) is 10.2. The lowest BCUT2D eigenvalue weighted by Crippen LogP contribution is -2.47. The second kappa shape index (κ2) is 10.6. The Morgan fingerprint density at radius 3 is 2.17 bits per heavy atom. The summed E-state index contributed by atoms with van der Waals surface area (Å²) >= 11 is 0. The maximum absolute atomic E-state index is 12.7. The summed E-state index contributed by atoms with van der Waals surface area (Å²) in [6, 6.07) is 13.8. The highest BCUT2D eigenvalue weighted by Gasteiger charge is 2.29. The summed E-state index contributed by atoms with van der Waals surface area (Å²) < 4.78 is 5.35. The van der Waals surface area contributed by atoms with Crippen molar-refractivity contribution in [2.45, 2.75) is 53.2 Å². The Hall–Kier alpha value is -3.15. The summed E-state index contributed by atoms with van der Waals surface area (Å²) in [5.41, 5.74) is 3.11. The predicted octanol–water partition coefficient (Wildman–Crippen LogP) is 3.88. The van der Waals surface area contributed by atoms with Crippen LogP contribution in [0.15, 0.2) is 48.5 Å². The standard InChI is InChI=1S/C24H30N2O4/c1-6-18-11-13-19(14-12-18)25-22(27)17(5)30-24(29)21(15(2)3)26-23(28)20-10-8-7-9-16(20)4/h7-15,17,21H,6H2,1-5H3,(H,25,27)(H,26,28)/t17-,21-/m0/s1. The highest BCUT2D eigenvalue weighted by atomic mass is 16.5. The molecule has 0 heterocycles. The second-order valence-corrected chi connectivity index (χ2v) is 7.63. The number of esters is 1. The summed E-state index contributed by atoms with van der Waals surface area (Å²) in [5.74, 6) is -1.63. The van der Waals surface area contributed by atoms with Crippen LogP contribution in [-0.4, -0.2) is 29.9 Å². The van der Waals surface area contributed by atoms with Gasteiger partial charge in [-0.25, -0.2) is 4.79 Å². The molecule has 2 aromatic carbocycles. The Balaban J connectivity index is 2.00. The van der Waals surface area contributed by atoms with E-state index in [-0.39, 0.29) is 11.8 Å². The first kappa shape index (κ1) is 23.1. The van der Waals surface area contributed by atoms with E-state index >= 15 is 0 Å². The molecular formula is C24H30N2O4. The zero-order chi connectivity index (χ0) is 22.3. The summed E-state index contributed by atoms with van der Waals surface area (Å²) in [6.07, 6.45) is -0.0903.